The largest absolute Gasteiger partial charge is 0.387 e. The predicted octanol–water partition coefficient (Wildman–Crippen LogP) is 1.95. The number of rotatable bonds is 2. The zero-order chi connectivity index (χ0) is 12.3. The Balaban J connectivity index is 2.14. The normalized spacial score (nSPS) is 15.6. The molecule has 0 unspecified atom stereocenters. The van der Waals surface area contributed by atoms with Gasteiger partial charge in [0, 0.05) is 18.1 Å². The number of nitrogens with zero attached hydrogens (tertiary/aromatic N) is 1. The lowest BCUT2D eigenvalue weighted by Gasteiger charge is -2.26. The van der Waals surface area contributed by atoms with Crippen LogP contribution in [0.1, 0.15) is 12.0 Å². The van der Waals surface area contributed by atoms with E-state index in [4.69, 9.17) is 16.7 Å². The summed E-state index contributed by atoms with van der Waals surface area (Å²) in [6, 6.07) is 7.70. The third-order valence-electron chi connectivity index (χ3n) is 2.92. The van der Waals surface area contributed by atoms with Crippen molar-refractivity contribution in [3.05, 3.63) is 40.9 Å². The van der Waals surface area contributed by atoms with Crippen molar-refractivity contribution in [1.29, 1.82) is 0 Å². The van der Waals surface area contributed by atoms with Crippen LogP contribution < -0.4 is 0 Å². The number of aliphatic hydroxyl groups is 1. The van der Waals surface area contributed by atoms with Gasteiger partial charge in [-0.25, -0.2) is 0 Å². The predicted molar refractivity (Wildman–Crippen MR) is 67.7 cm³/mol. The summed E-state index contributed by atoms with van der Waals surface area (Å²) in [7, 11) is 0. The van der Waals surface area contributed by atoms with Gasteiger partial charge in [-0.3, -0.25) is 4.79 Å². The van der Waals surface area contributed by atoms with Crippen LogP contribution in [0.5, 0.6) is 0 Å². The molecule has 17 heavy (non-hydrogen) atoms. The van der Waals surface area contributed by atoms with E-state index in [1.807, 2.05) is 30.3 Å². The van der Waals surface area contributed by atoms with Gasteiger partial charge in [0.15, 0.2) is 0 Å². The Hall–Kier alpha value is -1.32. The summed E-state index contributed by atoms with van der Waals surface area (Å²) >= 11 is 6.12. The number of amides is 1. The van der Waals surface area contributed by atoms with Gasteiger partial charge < -0.3 is 10.0 Å². The molecule has 1 N–H and O–H groups in total. The Bertz CT molecular complexity index is 456. The molecular formula is C13H14ClNO2. The molecule has 4 heteroatoms. The van der Waals surface area contributed by atoms with Crippen LogP contribution in [0.3, 0.4) is 0 Å². The molecule has 0 fully saturated rings. The average molecular weight is 252 g/mol. The average Bonchev–Trinajstić information content (AvgIpc) is 2.39. The molecule has 3 nitrogen and oxygen atoms in total. The molecule has 1 amide bonds. The molecule has 0 saturated carbocycles. The van der Waals surface area contributed by atoms with E-state index in [2.05, 4.69) is 0 Å². The molecule has 0 aromatic heterocycles. The fourth-order valence-corrected chi connectivity index (χ4v) is 2.22. The molecule has 0 saturated heterocycles. The maximum atomic E-state index is 11.3. The number of benzene rings is 1. The van der Waals surface area contributed by atoms with Crippen LogP contribution in [0.4, 0.5) is 0 Å². The maximum Gasteiger partial charge on any atom is 0.248 e. The molecule has 0 atom stereocenters. The van der Waals surface area contributed by atoms with Crippen LogP contribution in [0.2, 0.25) is 5.02 Å². The molecule has 0 bridgehead atoms. The van der Waals surface area contributed by atoms with Crippen molar-refractivity contribution >= 4 is 23.1 Å². The molecule has 1 aromatic rings. The smallest absolute Gasteiger partial charge is 0.248 e. The van der Waals surface area contributed by atoms with Crippen molar-refractivity contribution in [2.75, 3.05) is 19.7 Å². The van der Waals surface area contributed by atoms with Gasteiger partial charge in [-0.05, 0) is 23.6 Å². The molecule has 0 aliphatic carbocycles. The highest BCUT2D eigenvalue weighted by molar-refractivity contribution is 6.32. The van der Waals surface area contributed by atoms with Gasteiger partial charge in [-0.2, -0.15) is 0 Å². The maximum absolute atomic E-state index is 11.3. The lowest BCUT2D eigenvalue weighted by molar-refractivity contribution is -0.133. The van der Waals surface area contributed by atoms with Crippen molar-refractivity contribution in [2.45, 2.75) is 6.42 Å². The SMILES string of the molecule is O=C(CO)N1CC=C(c2ccccc2Cl)CC1. The fourth-order valence-electron chi connectivity index (χ4n) is 1.96. The molecule has 0 spiro atoms. The van der Waals surface area contributed by atoms with E-state index in [1.165, 1.54) is 0 Å². The molecule has 90 valence electrons. The number of hydrogen-bond acceptors (Lipinski definition) is 2. The highest BCUT2D eigenvalue weighted by atomic mass is 35.5. The molecule has 1 aromatic carbocycles. The molecule has 1 aliphatic rings. The highest BCUT2D eigenvalue weighted by Crippen LogP contribution is 2.28. The second-order valence-electron chi connectivity index (χ2n) is 3.96. The van der Waals surface area contributed by atoms with Gasteiger partial charge in [-0.15, -0.1) is 0 Å². The van der Waals surface area contributed by atoms with E-state index in [0.717, 1.165) is 22.6 Å². The standard InChI is InChI=1S/C13H14ClNO2/c14-12-4-2-1-3-11(12)10-5-7-15(8-6-10)13(17)9-16/h1-5,16H,6-9H2. The van der Waals surface area contributed by atoms with Crippen molar-refractivity contribution in [3.8, 4) is 0 Å². The number of hydrogen-bond donors (Lipinski definition) is 1. The quantitative estimate of drug-likeness (QED) is 0.873. The van der Waals surface area contributed by atoms with E-state index in [-0.39, 0.29) is 5.91 Å². The monoisotopic (exact) mass is 251 g/mol. The minimum absolute atomic E-state index is 0.223. The number of halogens is 1. The van der Waals surface area contributed by atoms with Gasteiger partial charge in [0.1, 0.15) is 6.61 Å². The van der Waals surface area contributed by atoms with Gasteiger partial charge in [0.25, 0.3) is 0 Å². The summed E-state index contributed by atoms with van der Waals surface area (Å²) in [6.45, 7) is 0.756. The van der Waals surface area contributed by atoms with E-state index >= 15 is 0 Å². The fraction of sp³-hybridized carbons (Fsp3) is 0.308. The first-order valence-corrected chi connectivity index (χ1v) is 5.92. The van der Waals surface area contributed by atoms with Crippen molar-refractivity contribution in [1.82, 2.24) is 4.90 Å². The molecule has 1 aliphatic heterocycles. The zero-order valence-corrected chi connectivity index (χ0v) is 10.2. The number of carbonyl (C=O) groups excluding carboxylic acids is 1. The van der Waals surface area contributed by atoms with E-state index in [0.29, 0.717) is 13.1 Å². The van der Waals surface area contributed by atoms with E-state index in [1.54, 1.807) is 4.90 Å². The van der Waals surface area contributed by atoms with Crippen LogP contribution >= 0.6 is 11.6 Å². The third kappa shape index (κ3) is 2.68. The lowest BCUT2D eigenvalue weighted by Crippen LogP contribution is -2.36. The second-order valence-corrected chi connectivity index (χ2v) is 4.36. The summed E-state index contributed by atoms with van der Waals surface area (Å²) in [6.07, 6.45) is 2.77. The van der Waals surface area contributed by atoms with Crippen molar-refractivity contribution in [2.24, 2.45) is 0 Å². The summed E-state index contributed by atoms with van der Waals surface area (Å²) < 4.78 is 0. The summed E-state index contributed by atoms with van der Waals surface area (Å²) in [5, 5.41) is 9.52. The van der Waals surface area contributed by atoms with E-state index < -0.39 is 6.61 Å². The van der Waals surface area contributed by atoms with Crippen LogP contribution in [0.15, 0.2) is 30.3 Å². The summed E-state index contributed by atoms with van der Waals surface area (Å²) in [4.78, 5) is 12.9. The minimum atomic E-state index is -0.421. The van der Waals surface area contributed by atoms with Crippen LogP contribution in [-0.4, -0.2) is 35.6 Å². The first kappa shape index (κ1) is 12.1. The van der Waals surface area contributed by atoms with Gasteiger partial charge in [0.05, 0.1) is 0 Å². The van der Waals surface area contributed by atoms with Crippen LogP contribution in [0, 0.1) is 0 Å². The zero-order valence-electron chi connectivity index (χ0n) is 9.40. The first-order chi connectivity index (χ1) is 8.22. The topological polar surface area (TPSA) is 40.5 Å². The number of carbonyl (C=O) groups is 1. The minimum Gasteiger partial charge on any atom is -0.387 e. The van der Waals surface area contributed by atoms with Gasteiger partial charge >= 0.3 is 0 Å². The molecule has 2 rings (SSSR count). The highest BCUT2D eigenvalue weighted by Gasteiger charge is 2.17. The Morgan fingerprint density at radius 2 is 2.18 bits per heavy atom. The van der Waals surface area contributed by atoms with Gasteiger partial charge in [0.2, 0.25) is 5.91 Å². The van der Waals surface area contributed by atoms with Gasteiger partial charge in [-0.1, -0.05) is 35.9 Å². The second kappa shape index (κ2) is 5.34. The summed E-state index contributed by atoms with van der Waals surface area (Å²) in [5.74, 6) is -0.223. The van der Waals surface area contributed by atoms with Crippen molar-refractivity contribution < 1.29 is 9.90 Å². The third-order valence-corrected chi connectivity index (χ3v) is 3.25. The molecular weight excluding hydrogens is 238 g/mol. The molecule has 0 radical (unpaired) electrons. The first-order valence-electron chi connectivity index (χ1n) is 5.55. The van der Waals surface area contributed by atoms with Crippen LogP contribution in [-0.2, 0) is 4.79 Å². The Morgan fingerprint density at radius 3 is 2.76 bits per heavy atom. The Kier molecular flexibility index (Phi) is 3.82. The Labute approximate surface area is 105 Å². The van der Waals surface area contributed by atoms with E-state index in [9.17, 15) is 4.79 Å². The lowest BCUT2D eigenvalue weighted by atomic mass is 9.99. The summed E-state index contributed by atoms with van der Waals surface area (Å²) in [5.41, 5.74) is 2.20. The number of aliphatic hydroxyl groups excluding tert-OH is 1. The molecule has 1 heterocycles. The van der Waals surface area contributed by atoms with Crippen molar-refractivity contribution in [3.63, 3.8) is 0 Å². The Morgan fingerprint density at radius 1 is 1.41 bits per heavy atom. The van der Waals surface area contributed by atoms with Crippen LogP contribution in [0.25, 0.3) is 5.57 Å².